The molecule has 1 fully saturated rings. The van der Waals surface area contributed by atoms with E-state index in [4.69, 9.17) is 11.6 Å². The van der Waals surface area contributed by atoms with E-state index in [1.165, 1.54) is 0 Å². The molecule has 1 aliphatic heterocycles. The number of halogens is 1. The summed E-state index contributed by atoms with van der Waals surface area (Å²) in [5.41, 5.74) is 1.11. The fraction of sp³-hybridized carbons (Fsp3) is 0.533. The van der Waals surface area contributed by atoms with Crippen molar-refractivity contribution >= 4 is 29.3 Å². The van der Waals surface area contributed by atoms with Gasteiger partial charge in [-0.2, -0.15) is 11.8 Å². The maximum Gasteiger partial charge on any atom is 0.223 e. The van der Waals surface area contributed by atoms with Crippen LogP contribution < -0.4 is 5.32 Å². The molecule has 0 spiro atoms. The van der Waals surface area contributed by atoms with Crippen LogP contribution in [0.15, 0.2) is 24.3 Å². The maximum absolute atomic E-state index is 12.4. The summed E-state index contributed by atoms with van der Waals surface area (Å²) in [7, 11) is 0. The zero-order valence-electron chi connectivity index (χ0n) is 11.8. The number of amides is 1. The molecule has 0 radical (unpaired) electrons. The van der Waals surface area contributed by atoms with Gasteiger partial charge in [-0.3, -0.25) is 4.79 Å². The van der Waals surface area contributed by atoms with Gasteiger partial charge in [-0.15, -0.1) is 0 Å². The van der Waals surface area contributed by atoms with E-state index in [-0.39, 0.29) is 11.9 Å². The zero-order chi connectivity index (χ0) is 14.4. The number of rotatable bonds is 5. The van der Waals surface area contributed by atoms with E-state index >= 15 is 0 Å². The summed E-state index contributed by atoms with van der Waals surface area (Å²) >= 11 is 7.86. The summed E-state index contributed by atoms with van der Waals surface area (Å²) in [6.07, 6.45) is 3.66. The van der Waals surface area contributed by atoms with E-state index in [0.29, 0.717) is 6.42 Å². The highest BCUT2D eigenvalue weighted by molar-refractivity contribution is 7.98. The van der Waals surface area contributed by atoms with Gasteiger partial charge >= 0.3 is 0 Å². The van der Waals surface area contributed by atoms with Crippen LogP contribution >= 0.6 is 23.4 Å². The van der Waals surface area contributed by atoms with Gasteiger partial charge in [-0.05, 0) is 36.1 Å². The lowest BCUT2D eigenvalue weighted by atomic mass is 10.0. The predicted octanol–water partition coefficient (Wildman–Crippen LogP) is 2.96. The van der Waals surface area contributed by atoms with Crippen LogP contribution in [0.25, 0.3) is 0 Å². The zero-order valence-corrected chi connectivity index (χ0v) is 13.3. The van der Waals surface area contributed by atoms with Gasteiger partial charge in [0.2, 0.25) is 5.91 Å². The van der Waals surface area contributed by atoms with Gasteiger partial charge < -0.3 is 10.2 Å². The monoisotopic (exact) mass is 312 g/mol. The Kier molecular flexibility index (Phi) is 6.20. The predicted molar refractivity (Wildman–Crippen MR) is 86.4 cm³/mol. The maximum atomic E-state index is 12.4. The Hall–Kier alpha value is -0.710. The molecule has 3 nitrogen and oxygen atoms in total. The molecule has 0 bridgehead atoms. The molecule has 1 aromatic carbocycles. The van der Waals surface area contributed by atoms with Crippen molar-refractivity contribution in [3.63, 3.8) is 0 Å². The van der Waals surface area contributed by atoms with Crippen LogP contribution in [-0.4, -0.2) is 42.4 Å². The summed E-state index contributed by atoms with van der Waals surface area (Å²) < 4.78 is 0. The molecule has 1 amide bonds. The number of hydrogen-bond acceptors (Lipinski definition) is 3. The molecule has 1 N–H and O–H groups in total. The molecule has 1 saturated heterocycles. The normalized spacial score (nSPS) is 19.1. The summed E-state index contributed by atoms with van der Waals surface area (Å²) in [5.74, 6) is 1.30. The molecule has 1 aliphatic rings. The standard InChI is InChI=1S/C15H21ClN2OS/c1-20-9-3-6-15(19)18-8-7-17-11-14(18)12-4-2-5-13(16)10-12/h2,4-5,10,14,17H,3,6-9,11H2,1H3. The number of hydrogen-bond donors (Lipinski definition) is 1. The Bertz CT molecular complexity index is 455. The van der Waals surface area contributed by atoms with Crippen LogP contribution in [0.2, 0.25) is 5.02 Å². The summed E-state index contributed by atoms with van der Waals surface area (Å²) in [5, 5.41) is 4.09. The number of benzene rings is 1. The Morgan fingerprint density at radius 3 is 3.15 bits per heavy atom. The lowest BCUT2D eigenvalue weighted by Gasteiger charge is -2.36. The lowest BCUT2D eigenvalue weighted by Crippen LogP contribution is -2.48. The second-order valence-electron chi connectivity index (χ2n) is 4.96. The number of nitrogens with zero attached hydrogens (tertiary/aromatic N) is 1. The molecule has 1 heterocycles. The van der Waals surface area contributed by atoms with Crippen molar-refractivity contribution in [3.8, 4) is 0 Å². The first-order valence-corrected chi connectivity index (χ1v) is 8.74. The van der Waals surface area contributed by atoms with Gasteiger partial charge in [-0.25, -0.2) is 0 Å². The average molecular weight is 313 g/mol. The highest BCUT2D eigenvalue weighted by Crippen LogP contribution is 2.25. The Balaban J connectivity index is 2.07. The van der Waals surface area contributed by atoms with Crippen LogP contribution in [0, 0.1) is 0 Å². The quantitative estimate of drug-likeness (QED) is 0.848. The van der Waals surface area contributed by atoms with Crippen molar-refractivity contribution in [1.29, 1.82) is 0 Å². The Morgan fingerprint density at radius 1 is 1.55 bits per heavy atom. The van der Waals surface area contributed by atoms with Gasteiger partial charge in [0.15, 0.2) is 0 Å². The van der Waals surface area contributed by atoms with Crippen LogP contribution in [0.5, 0.6) is 0 Å². The van der Waals surface area contributed by atoms with E-state index < -0.39 is 0 Å². The fourth-order valence-electron chi connectivity index (χ4n) is 2.53. The third-order valence-corrected chi connectivity index (χ3v) is 4.47. The first kappa shape index (κ1) is 15.7. The number of nitrogens with one attached hydrogen (secondary N) is 1. The molecule has 1 unspecified atom stereocenters. The van der Waals surface area contributed by atoms with Crippen molar-refractivity contribution in [1.82, 2.24) is 10.2 Å². The number of piperazine rings is 1. The second kappa shape index (κ2) is 7.91. The molecule has 5 heteroatoms. The SMILES string of the molecule is CSCCCC(=O)N1CCNCC1c1cccc(Cl)c1. The summed E-state index contributed by atoms with van der Waals surface area (Å²) in [4.78, 5) is 14.4. The van der Waals surface area contributed by atoms with E-state index in [9.17, 15) is 4.79 Å². The number of carbonyl (C=O) groups excluding carboxylic acids is 1. The molecular formula is C15H21ClN2OS. The highest BCUT2D eigenvalue weighted by Gasteiger charge is 2.27. The smallest absolute Gasteiger partial charge is 0.223 e. The van der Waals surface area contributed by atoms with Crippen molar-refractivity contribution < 1.29 is 4.79 Å². The van der Waals surface area contributed by atoms with Crippen molar-refractivity contribution in [2.45, 2.75) is 18.9 Å². The lowest BCUT2D eigenvalue weighted by molar-refractivity contribution is -0.134. The van der Waals surface area contributed by atoms with Crippen molar-refractivity contribution in [3.05, 3.63) is 34.9 Å². The fourth-order valence-corrected chi connectivity index (χ4v) is 3.16. The van der Waals surface area contributed by atoms with E-state index in [1.54, 1.807) is 11.8 Å². The number of thioether (sulfide) groups is 1. The third-order valence-electron chi connectivity index (χ3n) is 3.54. The minimum absolute atomic E-state index is 0.101. The largest absolute Gasteiger partial charge is 0.333 e. The van der Waals surface area contributed by atoms with Crippen molar-refractivity contribution in [2.24, 2.45) is 0 Å². The van der Waals surface area contributed by atoms with Crippen LogP contribution in [0.3, 0.4) is 0 Å². The molecule has 20 heavy (non-hydrogen) atoms. The van der Waals surface area contributed by atoms with Gasteiger partial charge in [0, 0.05) is 31.1 Å². The van der Waals surface area contributed by atoms with E-state index in [0.717, 1.165) is 42.4 Å². The molecule has 1 atom stereocenters. The van der Waals surface area contributed by atoms with E-state index in [2.05, 4.69) is 11.6 Å². The molecule has 1 aromatic rings. The summed E-state index contributed by atoms with van der Waals surface area (Å²) in [6, 6.07) is 7.92. The second-order valence-corrected chi connectivity index (χ2v) is 6.38. The summed E-state index contributed by atoms with van der Waals surface area (Å²) in [6.45, 7) is 2.44. The minimum atomic E-state index is 0.101. The van der Waals surface area contributed by atoms with E-state index in [1.807, 2.05) is 29.2 Å². The molecule has 0 aliphatic carbocycles. The highest BCUT2D eigenvalue weighted by atomic mass is 35.5. The molecular weight excluding hydrogens is 292 g/mol. The van der Waals surface area contributed by atoms with Crippen LogP contribution in [0.1, 0.15) is 24.4 Å². The molecule has 110 valence electrons. The third kappa shape index (κ3) is 4.14. The minimum Gasteiger partial charge on any atom is -0.333 e. The average Bonchev–Trinajstić information content (AvgIpc) is 2.47. The Labute approximate surface area is 130 Å². The van der Waals surface area contributed by atoms with Crippen molar-refractivity contribution in [2.75, 3.05) is 31.6 Å². The number of carbonyl (C=O) groups is 1. The van der Waals surface area contributed by atoms with Gasteiger partial charge in [0.25, 0.3) is 0 Å². The van der Waals surface area contributed by atoms with Crippen LogP contribution in [0.4, 0.5) is 0 Å². The topological polar surface area (TPSA) is 32.3 Å². The first-order valence-electron chi connectivity index (χ1n) is 6.97. The van der Waals surface area contributed by atoms with Gasteiger partial charge in [-0.1, -0.05) is 23.7 Å². The molecule has 2 rings (SSSR count). The van der Waals surface area contributed by atoms with Gasteiger partial charge in [0.05, 0.1) is 6.04 Å². The first-order chi connectivity index (χ1) is 9.72. The van der Waals surface area contributed by atoms with Crippen LogP contribution in [-0.2, 0) is 4.79 Å². The van der Waals surface area contributed by atoms with Gasteiger partial charge in [0.1, 0.15) is 0 Å². The molecule has 0 saturated carbocycles. The Morgan fingerprint density at radius 2 is 2.40 bits per heavy atom. The molecule has 0 aromatic heterocycles.